The smallest absolute Gasteiger partial charge is 0.193 e. The Bertz CT molecular complexity index is 671. The van der Waals surface area contributed by atoms with Gasteiger partial charge in [-0.05, 0) is 27.2 Å². The summed E-state index contributed by atoms with van der Waals surface area (Å²) < 4.78 is 23.4. The lowest BCUT2D eigenvalue weighted by Crippen LogP contribution is -2.57. The molecule has 2 rings (SSSR count). The normalized spacial score (nSPS) is 19.7. The number of aromatic nitrogens is 1. The number of rotatable bonds is 4. The Balaban J connectivity index is 0.00000288. The minimum atomic E-state index is -3.03. The Labute approximate surface area is 166 Å². The number of aliphatic imine (C=N–C) groups is 1. The third-order valence-corrected chi connectivity index (χ3v) is 7.63. The van der Waals surface area contributed by atoms with Crippen LogP contribution in [-0.2, 0) is 16.3 Å². The first-order valence-electron chi connectivity index (χ1n) is 7.84. The number of hydrogen-bond donors (Lipinski definition) is 1. The van der Waals surface area contributed by atoms with Gasteiger partial charge in [-0.3, -0.25) is 4.99 Å². The number of aryl methyl sites for hydroxylation is 2. The second-order valence-corrected chi connectivity index (χ2v) is 10.1. The zero-order valence-electron chi connectivity index (χ0n) is 14.7. The SMILES string of the molecule is CN=C(NCCCc1nc(C)cs1)N1CCS(=O)(=O)C(C)(C)C1.I. The van der Waals surface area contributed by atoms with Crippen molar-refractivity contribution in [1.82, 2.24) is 15.2 Å². The molecule has 9 heteroatoms. The Hall–Kier alpha value is -0.420. The van der Waals surface area contributed by atoms with Gasteiger partial charge in [-0.15, -0.1) is 35.3 Å². The summed E-state index contributed by atoms with van der Waals surface area (Å²) in [6, 6.07) is 0. The van der Waals surface area contributed by atoms with Crippen molar-refractivity contribution < 1.29 is 8.42 Å². The molecule has 0 aliphatic carbocycles. The van der Waals surface area contributed by atoms with Gasteiger partial charge >= 0.3 is 0 Å². The maximum atomic E-state index is 12.1. The second kappa shape index (κ2) is 8.79. The summed E-state index contributed by atoms with van der Waals surface area (Å²) in [7, 11) is -1.29. The molecule has 24 heavy (non-hydrogen) atoms. The maximum Gasteiger partial charge on any atom is 0.193 e. The van der Waals surface area contributed by atoms with Gasteiger partial charge < -0.3 is 10.2 Å². The summed E-state index contributed by atoms with van der Waals surface area (Å²) in [5.41, 5.74) is 1.07. The summed E-state index contributed by atoms with van der Waals surface area (Å²) in [6.07, 6.45) is 1.92. The van der Waals surface area contributed by atoms with Crippen LogP contribution in [0.2, 0.25) is 0 Å². The van der Waals surface area contributed by atoms with E-state index in [1.54, 1.807) is 32.2 Å². The molecule has 0 radical (unpaired) electrons. The summed E-state index contributed by atoms with van der Waals surface area (Å²) in [5.74, 6) is 0.960. The molecule has 1 aliphatic rings. The highest BCUT2D eigenvalue weighted by Crippen LogP contribution is 2.23. The van der Waals surface area contributed by atoms with E-state index in [2.05, 4.69) is 20.7 Å². The van der Waals surface area contributed by atoms with Crippen molar-refractivity contribution in [2.75, 3.05) is 32.4 Å². The van der Waals surface area contributed by atoms with Crippen molar-refractivity contribution >= 4 is 51.1 Å². The van der Waals surface area contributed by atoms with E-state index in [1.165, 1.54) is 0 Å². The van der Waals surface area contributed by atoms with Crippen molar-refractivity contribution in [2.45, 2.75) is 38.4 Å². The van der Waals surface area contributed by atoms with Gasteiger partial charge in [-0.25, -0.2) is 13.4 Å². The van der Waals surface area contributed by atoms with Crippen LogP contribution >= 0.6 is 35.3 Å². The minimum absolute atomic E-state index is 0. The summed E-state index contributed by atoms with van der Waals surface area (Å²) >= 11 is 1.70. The lowest BCUT2D eigenvalue weighted by molar-refractivity contribution is 0.353. The lowest BCUT2D eigenvalue weighted by Gasteiger charge is -2.39. The first kappa shape index (κ1) is 21.6. The molecule has 0 spiro atoms. The van der Waals surface area contributed by atoms with Crippen LogP contribution in [0.3, 0.4) is 0 Å². The molecule has 6 nitrogen and oxygen atoms in total. The number of hydrogen-bond acceptors (Lipinski definition) is 5. The molecule has 1 aliphatic heterocycles. The number of sulfone groups is 1. The Morgan fingerprint density at radius 3 is 2.75 bits per heavy atom. The van der Waals surface area contributed by atoms with Gasteiger partial charge in [0.25, 0.3) is 0 Å². The molecular weight excluding hydrogens is 459 g/mol. The molecule has 0 unspecified atom stereocenters. The fourth-order valence-corrected chi connectivity index (χ4v) is 4.80. The van der Waals surface area contributed by atoms with Gasteiger partial charge in [0, 0.05) is 44.2 Å². The monoisotopic (exact) mass is 486 g/mol. The first-order chi connectivity index (χ1) is 10.7. The molecule has 2 heterocycles. The third-order valence-electron chi connectivity index (χ3n) is 4.07. The van der Waals surface area contributed by atoms with Gasteiger partial charge in [-0.1, -0.05) is 0 Å². The molecule has 0 atom stereocenters. The van der Waals surface area contributed by atoms with E-state index in [4.69, 9.17) is 0 Å². The van der Waals surface area contributed by atoms with Crippen molar-refractivity contribution in [3.05, 3.63) is 16.1 Å². The molecular formula is C15H27IN4O2S2. The predicted octanol–water partition coefficient (Wildman–Crippen LogP) is 2.09. The number of halogens is 1. The number of guanidine groups is 1. The number of thiazole rings is 1. The fraction of sp³-hybridized carbons (Fsp3) is 0.733. The van der Waals surface area contributed by atoms with Gasteiger partial charge in [0.2, 0.25) is 0 Å². The third kappa shape index (κ3) is 5.29. The molecule has 138 valence electrons. The van der Waals surface area contributed by atoms with E-state index in [0.29, 0.717) is 13.1 Å². The highest BCUT2D eigenvalue weighted by Gasteiger charge is 2.40. The van der Waals surface area contributed by atoms with E-state index in [0.717, 1.165) is 36.0 Å². The van der Waals surface area contributed by atoms with Crippen molar-refractivity contribution in [3.63, 3.8) is 0 Å². The zero-order chi connectivity index (χ0) is 17.1. The Kier molecular flexibility index (Phi) is 7.92. The zero-order valence-corrected chi connectivity index (χ0v) is 18.7. The minimum Gasteiger partial charge on any atom is -0.356 e. The largest absolute Gasteiger partial charge is 0.356 e. The topological polar surface area (TPSA) is 74.7 Å². The van der Waals surface area contributed by atoms with E-state index in [-0.39, 0.29) is 29.7 Å². The quantitative estimate of drug-likeness (QED) is 0.306. The van der Waals surface area contributed by atoms with Crippen molar-refractivity contribution in [2.24, 2.45) is 4.99 Å². The van der Waals surface area contributed by atoms with Crippen molar-refractivity contribution in [1.29, 1.82) is 0 Å². The summed E-state index contributed by atoms with van der Waals surface area (Å²) in [5, 5.41) is 6.56. The maximum absolute atomic E-state index is 12.1. The highest BCUT2D eigenvalue weighted by atomic mass is 127. The highest BCUT2D eigenvalue weighted by molar-refractivity contribution is 14.0. The molecule has 1 saturated heterocycles. The van der Waals surface area contributed by atoms with Gasteiger partial charge in [-0.2, -0.15) is 0 Å². The van der Waals surface area contributed by atoms with E-state index >= 15 is 0 Å². The molecule has 1 aromatic heterocycles. The van der Waals surface area contributed by atoms with Crippen LogP contribution < -0.4 is 5.32 Å². The molecule has 0 aromatic carbocycles. The Morgan fingerprint density at radius 2 is 2.21 bits per heavy atom. The van der Waals surface area contributed by atoms with Gasteiger partial charge in [0.1, 0.15) is 0 Å². The molecule has 0 saturated carbocycles. The number of nitrogens with one attached hydrogen (secondary N) is 1. The fourth-order valence-electron chi connectivity index (χ4n) is 2.61. The van der Waals surface area contributed by atoms with Crippen LogP contribution in [0.5, 0.6) is 0 Å². The molecule has 1 fully saturated rings. The molecule has 0 amide bonds. The average Bonchev–Trinajstić information content (AvgIpc) is 2.88. The van der Waals surface area contributed by atoms with Crippen LogP contribution in [-0.4, -0.2) is 61.4 Å². The van der Waals surface area contributed by atoms with E-state index in [9.17, 15) is 8.42 Å². The standard InChI is InChI=1S/C15H26N4O2S2.HI/c1-12-10-22-13(18-12)6-5-7-17-14(16-4)19-8-9-23(20,21)15(2,3)11-19;/h10H,5-9,11H2,1-4H3,(H,16,17);1H. The summed E-state index contributed by atoms with van der Waals surface area (Å²) in [6.45, 7) is 7.35. The van der Waals surface area contributed by atoms with Crippen molar-refractivity contribution in [3.8, 4) is 0 Å². The second-order valence-electron chi connectivity index (χ2n) is 6.46. The lowest BCUT2D eigenvalue weighted by atomic mass is 10.2. The number of nitrogens with zero attached hydrogens (tertiary/aromatic N) is 3. The van der Waals surface area contributed by atoms with Crippen LogP contribution in [0.1, 0.15) is 31.0 Å². The Morgan fingerprint density at radius 1 is 1.50 bits per heavy atom. The van der Waals surface area contributed by atoms with Crippen LogP contribution in [0.25, 0.3) is 0 Å². The van der Waals surface area contributed by atoms with Crippen LogP contribution in [0.15, 0.2) is 10.4 Å². The summed E-state index contributed by atoms with van der Waals surface area (Å²) in [4.78, 5) is 10.8. The van der Waals surface area contributed by atoms with Gasteiger partial charge in [0.05, 0.1) is 15.5 Å². The van der Waals surface area contributed by atoms with E-state index in [1.807, 2.05) is 11.8 Å². The van der Waals surface area contributed by atoms with Crippen LogP contribution in [0.4, 0.5) is 0 Å². The molecule has 1 aromatic rings. The average molecular weight is 486 g/mol. The molecule has 1 N–H and O–H groups in total. The predicted molar refractivity (Wildman–Crippen MR) is 111 cm³/mol. The van der Waals surface area contributed by atoms with E-state index < -0.39 is 14.6 Å². The van der Waals surface area contributed by atoms with Crippen LogP contribution in [0, 0.1) is 6.92 Å². The first-order valence-corrected chi connectivity index (χ1v) is 10.4. The molecule has 0 bridgehead atoms. The van der Waals surface area contributed by atoms with Gasteiger partial charge in [0.15, 0.2) is 15.8 Å².